The van der Waals surface area contributed by atoms with E-state index in [1.165, 1.54) is 29.3 Å². The number of ether oxygens (including phenoxy) is 1. The van der Waals surface area contributed by atoms with Crippen LogP contribution in [0.4, 0.5) is 19.0 Å². The Morgan fingerprint density at radius 2 is 1.86 bits per heavy atom. The average molecular weight is 399 g/mol. The maximum absolute atomic E-state index is 12.5. The molecule has 3 aromatic rings. The second-order valence-corrected chi connectivity index (χ2v) is 7.05. The number of alkyl halides is 3. The first kappa shape index (κ1) is 19.2. The highest BCUT2D eigenvalue weighted by Crippen LogP contribution is 2.33. The molecule has 0 amide bonds. The topological polar surface area (TPSA) is 47.0 Å². The highest BCUT2D eigenvalue weighted by molar-refractivity contribution is 5.64. The summed E-state index contributed by atoms with van der Waals surface area (Å²) in [5.41, 5.74) is 3.66. The molecule has 0 bridgehead atoms. The zero-order valence-corrected chi connectivity index (χ0v) is 15.8. The maximum Gasteiger partial charge on any atom is 0.573 e. The summed E-state index contributed by atoms with van der Waals surface area (Å²) in [6.07, 6.45) is -1.59. The van der Waals surface area contributed by atoms with Gasteiger partial charge in [0, 0.05) is 11.6 Å². The van der Waals surface area contributed by atoms with Crippen LogP contribution in [0.5, 0.6) is 5.75 Å². The summed E-state index contributed by atoms with van der Waals surface area (Å²) < 4.78 is 41.6. The molecule has 1 N–H and O–H groups in total. The minimum absolute atomic E-state index is 0.141. The molecule has 0 saturated carbocycles. The van der Waals surface area contributed by atoms with Crippen molar-refractivity contribution in [2.24, 2.45) is 0 Å². The molecule has 0 radical (unpaired) electrons. The minimum atomic E-state index is -4.73. The standard InChI is InChI=1S/C22H20F3N3O/c1-14-26-20(16-8-4-9-17(12-16)29-22(23,24)25)13-21(27-14)28-19-11-5-7-15-6-2-3-10-18(15)19/h2-4,6,8-10,12-13,19H,5,7,11H2,1H3,(H,26,27,28)/t19-/m1/s1. The monoisotopic (exact) mass is 399 g/mol. The SMILES string of the molecule is Cc1nc(N[C@@H]2CCCc3ccccc32)cc(-c2cccc(OC(F)(F)F)c2)n1. The molecule has 1 aromatic heterocycles. The van der Waals surface area contributed by atoms with Crippen molar-refractivity contribution >= 4 is 5.82 Å². The lowest BCUT2D eigenvalue weighted by molar-refractivity contribution is -0.274. The van der Waals surface area contributed by atoms with Crippen LogP contribution in [0.25, 0.3) is 11.3 Å². The number of fused-ring (bicyclic) bond motifs is 1. The fraction of sp³-hybridized carbons (Fsp3) is 0.273. The molecular weight excluding hydrogens is 379 g/mol. The number of benzene rings is 2. The van der Waals surface area contributed by atoms with Crippen molar-refractivity contribution in [2.75, 3.05) is 5.32 Å². The summed E-state index contributed by atoms with van der Waals surface area (Å²) in [5, 5.41) is 3.48. The van der Waals surface area contributed by atoms with E-state index in [1.807, 2.05) is 12.1 Å². The van der Waals surface area contributed by atoms with E-state index < -0.39 is 6.36 Å². The Kier molecular flexibility index (Phi) is 5.13. The van der Waals surface area contributed by atoms with Gasteiger partial charge in [-0.15, -0.1) is 13.2 Å². The highest BCUT2D eigenvalue weighted by atomic mass is 19.4. The van der Waals surface area contributed by atoms with Gasteiger partial charge in [-0.1, -0.05) is 36.4 Å². The van der Waals surface area contributed by atoms with Crippen molar-refractivity contribution < 1.29 is 17.9 Å². The smallest absolute Gasteiger partial charge is 0.406 e. The van der Waals surface area contributed by atoms with Crippen molar-refractivity contribution in [1.82, 2.24) is 9.97 Å². The molecule has 1 atom stereocenters. The Bertz CT molecular complexity index is 1020. The maximum atomic E-state index is 12.5. The van der Waals surface area contributed by atoms with E-state index in [0.717, 1.165) is 19.3 Å². The van der Waals surface area contributed by atoms with E-state index >= 15 is 0 Å². The Morgan fingerprint density at radius 1 is 1.03 bits per heavy atom. The van der Waals surface area contributed by atoms with Gasteiger partial charge >= 0.3 is 6.36 Å². The Hall–Kier alpha value is -3.09. The number of nitrogens with one attached hydrogen (secondary N) is 1. The fourth-order valence-corrected chi connectivity index (χ4v) is 3.72. The lowest BCUT2D eigenvalue weighted by atomic mass is 9.88. The third-order valence-corrected chi connectivity index (χ3v) is 4.89. The molecule has 150 valence electrons. The molecule has 0 fully saturated rings. The second-order valence-electron chi connectivity index (χ2n) is 7.05. The van der Waals surface area contributed by atoms with Crippen LogP contribution in [0.3, 0.4) is 0 Å². The van der Waals surface area contributed by atoms with Gasteiger partial charge in [0.05, 0.1) is 11.7 Å². The van der Waals surface area contributed by atoms with Crippen LogP contribution in [0.1, 0.15) is 35.8 Å². The minimum Gasteiger partial charge on any atom is -0.406 e. The van der Waals surface area contributed by atoms with Gasteiger partial charge in [-0.05, 0) is 49.4 Å². The molecule has 1 heterocycles. The third kappa shape index (κ3) is 4.67. The van der Waals surface area contributed by atoms with Crippen molar-refractivity contribution in [3.63, 3.8) is 0 Å². The normalized spacial score (nSPS) is 16.2. The van der Waals surface area contributed by atoms with Crippen molar-refractivity contribution in [2.45, 2.75) is 38.6 Å². The molecule has 4 rings (SSSR count). The summed E-state index contributed by atoms with van der Waals surface area (Å²) >= 11 is 0. The first-order valence-corrected chi connectivity index (χ1v) is 9.43. The number of hydrogen-bond acceptors (Lipinski definition) is 4. The van der Waals surface area contributed by atoms with E-state index in [0.29, 0.717) is 22.9 Å². The van der Waals surface area contributed by atoms with Gasteiger partial charge in [-0.2, -0.15) is 0 Å². The number of aryl methyl sites for hydroxylation is 2. The molecular formula is C22H20F3N3O. The molecule has 7 heteroatoms. The zero-order chi connectivity index (χ0) is 20.4. The molecule has 0 spiro atoms. The second kappa shape index (κ2) is 7.73. The van der Waals surface area contributed by atoms with E-state index in [4.69, 9.17) is 0 Å². The summed E-state index contributed by atoms with van der Waals surface area (Å²) in [4.78, 5) is 8.87. The molecule has 1 aliphatic carbocycles. The fourth-order valence-electron chi connectivity index (χ4n) is 3.72. The molecule has 1 aliphatic rings. The average Bonchev–Trinajstić information content (AvgIpc) is 2.67. The lowest BCUT2D eigenvalue weighted by Gasteiger charge is -2.27. The molecule has 0 aliphatic heterocycles. The largest absolute Gasteiger partial charge is 0.573 e. The quantitative estimate of drug-likeness (QED) is 0.599. The van der Waals surface area contributed by atoms with Crippen LogP contribution in [0, 0.1) is 6.92 Å². The van der Waals surface area contributed by atoms with Crippen LogP contribution < -0.4 is 10.1 Å². The van der Waals surface area contributed by atoms with Crippen LogP contribution in [0.2, 0.25) is 0 Å². The van der Waals surface area contributed by atoms with Crippen molar-refractivity contribution in [1.29, 1.82) is 0 Å². The van der Waals surface area contributed by atoms with Crippen molar-refractivity contribution in [3.05, 3.63) is 71.5 Å². The molecule has 29 heavy (non-hydrogen) atoms. The van der Waals surface area contributed by atoms with Gasteiger partial charge in [-0.25, -0.2) is 9.97 Å². The van der Waals surface area contributed by atoms with Gasteiger partial charge in [-0.3, -0.25) is 0 Å². The van der Waals surface area contributed by atoms with Crippen LogP contribution in [-0.2, 0) is 6.42 Å². The number of hydrogen-bond donors (Lipinski definition) is 1. The summed E-state index contributed by atoms with van der Waals surface area (Å²) in [7, 11) is 0. The summed E-state index contributed by atoms with van der Waals surface area (Å²) in [6, 6.07) is 16.1. The van der Waals surface area contributed by atoms with Gasteiger partial charge in [0.15, 0.2) is 0 Å². The number of rotatable bonds is 4. The number of aromatic nitrogens is 2. The van der Waals surface area contributed by atoms with Gasteiger partial charge in [0.2, 0.25) is 0 Å². The van der Waals surface area contributed by atoms with Gasteiger partial charge in [0.25, 0.3) is 0 Å². The Balaban J connectivity index is 1.62. The van der Waals surface area contributed by atoms with Crippen LogP contribution in [-0.4, -0.2) is 16.3 Å². The predicted molar refractivity (Wildman–Crippen MR) is 105 cm³/mol. The first-order valence-electron chi connectivity index (χ1n) is 9.43. The number of anilines is 1. The number of halogens is 3. The predicted octanol–water partition coefficient (Wildman–Crippen LogP) is 5.84. The molecule has 2 aromatic carbocycles. The van der Waals surface area contributed by atoms with E-state index in [9.17, 15) is 13.2 Å². The van der Waals surface area contributed by atoms with E-state index in [-0.39, 0.29) is 11.8 Å². The molecule has 0 unspecified atom stereocenters. The molecule has 0 saturated heterocycles. The lowest BCUT2D eigenvalue weighted by Crippen LogP contribution is -2.18. The van der Waals surface area contributed by atoms with Crippen LogP contribution in [0.15, 0.2) is 54.6 Å². The van der Waals surface area contributed by atoms with E-state index in [1.54, 1.807) is 19.1 Å². The number of nitrogens with zero attached hydrogens (tertiary/aromatic N) is 2. The Labute approximate surface area is 166 Å². The van der Waals surface area contributed by atoms with Crippen LogP contribution >= 0.6 is 0 Å². The molecule has 4 nitrogen and oxygen atoms in total. The Morgan fingerprint density at radius 3 is 2.69 bits per heavy atom. The summed E-state index contributed by atoms with van der Waals surface area (Å²) in [6.45, 7) is 1.76. The highest BCUT2D eigenvalue weighted by Gasteiger charge is 2.31. The first-order chi connectivity index (χ1) is 13.9. The van der Waals surface area contributed by atoms with Crippen molar-refractivity contribution in [3.8, 4) is 17.0 Å². The van der Waals surface area contributed by atoms with E-state index in [2.05, 4.69) is 32.2 Å². The summed E-state index contributed by atoms with van der Waals surface area (Å²) in [5.74, 6) is 0.912. The third-order valence-electron chi connectivity index (χ3n) is 4.89. The van der Waals surface area contributed by atoms with Gasteiger partial charge in [0.1, 0.15) is 17.4 Å². The zero-order valence-electron chi connectivity index (χ0n) is 15.8. The van der Waals surface area contributed by atoms with Gasteiger partial charge < -0.3 is 10.1 Å².